The van der Waals surface area contributed by atoms with Gasteiger partial charge < -0.3 is 4.74 Å². The number of ether oxygens (including phenoxy) is 1. The first-order chi connectivity index (χ1) is 13.0. The average molecular weight is 478 g/mol. The van der Waals surface area contributed by atoms with Gasteiger partial charge in [-0.3, -0.25) is 9.80 Å². The monoisotopic (exact) mass is 478 g/mol. The number of hydrogen-bond donors (Lipinski definition) is 0. The zero-order valence-corrected chi connectivity index (χ0v) is 18.3. The molecule has 0 unspecified atom stereocenters. The van der Waals surface area contributed by atoms with Gasteiger partial charge in [-0.1, -0.05) is 24.3 Å². The third-order valence-electron chi connectivity index (χ3n) is 5.24. The molecule has 2 atom stereocenters. The van der Waals surface area contributed by atoms with Crippen molar-refractivity contribution < 1.29 is 9.53 Å². The number of benzene rings is 2. The smallest absolute Gasteiger partial charge is 0.337 e. The van der Waals surface area contributed by atoms with E-state index in [1.165, 1.54) is 21.8 Å². The summed E-state index contributed by atoms with van der Waals surface area (Å²) in [4.78, 5) is 16.7. The van der Waals surface area contributed by atoms with E-state index in [9.17, 15) is 4.79 Å². The number of esters is 1. The van der Waals surface area contributed by atoms with E-state index in [4.69, 9.17) is 4.74 Å². The van der Waals surface area contributed by atoms with Crippen LogP contribution in [0.15, 0.2) is 48.5 Å². The highest BCUT2D eigenvalue weighted by atomic mass is 127. The van der Waals surface area contributed by atoms with Crippen molar-refractivity contribution in [2.24, 2.45) is 0 Å². The van der Waals surface area contributed by atoms with E-state index in [1.54, 1.807) is 0 Å². The summed E-state index contributed by atoms with van der Waals surface area (Å²) in [7, 11) is 1.41. The lowest BCUT2D eigenvalue weighted by Crippen LogP contribution is -2.55. The van der Waals surface area contributed by atoms with Gasteiger partial charge in [0, 0.05) is 41.8 Å². The van der Waals surface area contributed by atoms with Gasteiger partial charge in [-0.15, -0.1) is 0 Å². The molecule has 0 aromatic heterocycles. The second-order valence-electron chi connectivity index (χ2n) is 7.38. The van der Waals surface area contributed by atoms with E-state index in [-0.39, 0.29) is 5.97 Å². The lowest BCUT2D eigenvalue weighted by molar-refractivity contribution is 0.0290. The predicted octanol–water partition coefficient (Wildman–Crippen LogP) is 4.17. The molecule has 2 aromatic rings. The van der Waals surface area contributed by atoms with Crippen LogP contribution in [0.2, 0.25) is 0 Å². The van der Waals surface area contributed by atoms with Gasteiger partial charge in [-0.25, -0.2) is 4.79 Å². The molecule has 0 saturated carbocycles. The normalized spacial score (nSPS) is 21.2. The van der Waals surface area contributed by atoms with Gasteiger partial charge in [0.1, 0.15) is 0 Å². The SMILES string of the molecule is COC(=O)c1ccc(CN2[C@H](C)CN(Cc3ccc(I)cc3)C[C@@H]2C)cc1. The van der Waals surface area contributed by atoms with Gasteiger partial charge in [-0.2, -0.15) is 0 Å². The van der Waals surface area contributed by atoms with Crippen LogP contribution >= 0.6 is 22.6 Å². The first-order valence-corrected chi connectivity index (χ1v) is 10.4. The molecule has 2 aromatic carbocycles. The lowest BCUT2D eigenvalue weighted by atomic mass is 10.0. The molecule has 5 heteroatoms. The van der Waals surface area contributed by atoms with E-state index in [0.29, 0.717) is 17.6 Å². The summed E-state index contributed by atoms with van der Waals surface area (Å²) in [5.41, 5.74) is 3.21. The lowest BCUT2D eigenvalue weighted by Gasteiger charge is -2.44. The Morgan fingerprint density at radius 2 is 1.48 bits per heavy atom. The molecule has 0 bridgehead atoms. The molecule has 0 spiro atoms. The van der Waals surface area contributed by atoms with Crippen molar-refractivity contribution in [1.29, 1.82) is 0 Å². The van der Waals surface area contributed by atoms with Crippen molar-refractivity contribution in [3.05, 3.63) is 68.8 Å². The zero-order valence-electron chi connectivity index (χ0n) is 16.2. The maximum absolute atomic E-state index is 11.6. The molecular formula is C22H27IN2O2. The van der Waals surface area contributed by atoms with Crippen LogP contribution in [-0.2, 0) is 17.8 Å². The molecule has 27 heavy (non-hydrogen) atoms. The number of methoxy groups -OCH3 is 1. The molecule has 1 saturated heterocycles. The second-order valence-corrected chi connectivity index (χ2v) is 8.63. The quantitative estimate of drug-likeness (QED) is 0.477. The zero-order chi connectivity index (χ0) is 19.4. The number of piperazine rings is 1. The van der Waals surface area contributed by atoms with E-state index in [2.05, 4.69) is 70.5 Å². The molecule has 1 heterocycles. The largest absolute Gasteiger partial charge is 0.465 e. The van der Waals surface area contributed by atoms with Crippen LogP contribution in [0.25, 0.3) is 0 Å². The molecule has 1 aliphatic heterocycles. The minimum Gasteiger partial charge on any atom is -0.465 e. The van der Waals surface area contributed by atoms with E-state index >= 15 is 0 Å². The number of carbonyl (C=O) groups is 1. The Morgan fingerprint density at radius 1 is 0.963 bits per heavy atom. The van der Waals surface area contributed by atoms with Crippen molar-refractivity contribution in [2.75, 3.05) is 20.2 Å². The first-order valence-electron chi connectivity index (χ1n) is 9.36. The van der Waals surface area contributed by atoms with Crippen molar-refractivity contribution in [3.63, 3.8) is 0 Å². The number of halogens is 1. The molecule has 1 aliphatic rings. The van der Waals surface area contributed by atoms with Gasteiger partial charge in [0.2, 0.25) is 0 Å². The summed E-state index contributed by atoms with van der Waals surface area (Å²) in [5.74, 6) is -0.285. The van der Waals surface area contributed by atoms with Crippen LogP contribution < -0.4 is 0 Å². The van der Waals surface area contributed by atoms with Crippen LogP contribution in [0.5, 0.6) is 0 Å². The Kier molecular flexibility index (Phi) is 6.89. The van der Waals surface area contributed by atoms with Crippen molar-refractivity contribution in [1.82, 2.24) is 9.80 Å². The fourth-order valence-corrected chi connectivity index (χ4v) is 4.19. The number of rotatable bonds is 5. The van der Waals surface area contributed by atoms with Crippen LogP contribution in [0.3, 0.4) is 0 Å². The highest BCUT2D eigenvalue weighted by Gasteiger charge is 2.29. The standard InChI is InChI=1S/C22H27IN2O2/c1-16-12-24(14-18-6-10-21(23)11-7-18)13-17(2)25(16)15-19-4-8-20(9-5-19)22(26)27-3/h4-11,16-17H,12-15H2,1-3H3/t16-,17+. The fraction of sp³-hybridized carbons (Fsp3) is 0.409. The van der Waals surface area contributed by atoms with Crippen molar-refractivity contribution in [2.45, 2.75) is 39.0 Å². The molecular weight excluding hydrogens is 451 g/mol. The highest BCUT2D eigenvalue weighted by Crippen LogP contribution is 2.21. The first kappa shape index (κ1) is 20.3. The van der Waals surface area contributed by atoms with Gasteiger partial charge in [0.15, 0.2) is 0 Å². The second kappa shape index (κ2) is 9.17. The maximum Gasteiger partial charge on any atom is 0.337 e. The van der Waals surface area contributed by atoms with Crippen molar-refractivity contribution >= 4 is 28.6 Å². The van der Waals surface area contributed by atoms with Crippen LogP contribution in [-0.4, -0.2) is 48.1 Å². The number of nitrogens with zero attached hydrogens (tertiary/aromatic N) is 2. The van der Waals surface area contributed by atoms with Crippen molar-refractivity contribution in [3.8, 4) is 0 Å². The van der Waals surface area contributed by atoms with E-state index in [0.717, 1.165) is 26.2 Å². The minimum absolute atomic E-state index is 0.285. The topological polar surface area (TPSA) is 32.8 Å². The number of carbonyl (C=O) groups excluding carboxylic acids is 1. The summed E-state index contributed by atoms with van der Waals surface area (Å²) in [6, 6.07) is 17.5. The summed E-state index contributed by atoms with van der Waals surface area (Å²) in [6.07, 6.45) is 0. The molecule has 0 radical (unpaired) electrons. The molecule has 4 nitrogen and oxygen atoms in total. The predicted molar refractivity (Wildman–Crippen MR) is 117 cm³/mol. The average Bonchev–Trinajstić information content (AvgIpc) is 2.66. The molecule has 144 valence electrons. The Balaban J connectivity index is 1.60. The molecule has 3 rings (SSSR count). The summed E-state index contributed by atoms with van der Waals surface area (Å²) < 4.78 is 6.05. The third kappa shape index (κ3) is 5.30. The number of hydrogen-bond acceptors (Lipinski definition) is 4. The molecule has 1 fully saturated rings. The Labute approximate surface area is 175 Å². The molecule has 0 N–H and O–H groups in total. The Hall–Kier alpha value is -1.44. The molecule has 0 aliphatic carbocycles. The van der Waals surface area contributed by atoms with E-state index < -0.39 is 0 Å². The Morgan fingerprint density at radius 3 is 2.04 bits per heavy atom. The van der Waals surface area contributed by atoms with Gasteiger partial charge >= 0.3 is 5.97 Å². The molecule has 0 amide bonds. The van der Waals surface area contributed by atoms with Crippen LogP contribution in [0.1, 0.15) is 35.3 Å². The van der Waals surface area contributed by atoms with Crippen LogP contribution in [0.4, 0.5) is 0 Å². The van der Waals surface area contributed by atoms with Gasteiger partial charge in [0.25, 0.3) is 0 Å². The minimum atomic E-state index is -0.285. The summed E-state index contributed by atoms with van der Waals surface area (Å²) in [5, 5.41) is 0. The third-order valence-corrected chi connectivity index (χ3v) is 5.96. The van der Waals surface area contributed by atoms with Crippen LogP contribution in [0, 0.1) is 3.57 Å². The van der Waals surface area contributed by atoms with Gasteiger partial charge in [0.05, 0.1) is 12.7 Å². The highest BCUT2D eigenvalue weighted by molar-refractivity contribution is 14.1. The van der Waals surface area contributed by atoms with E-state index in [1.807, 2.05) is 24.3 Å². The summed E-state index contributed by atoms with van der Waals surface area (Å²) in [6.45, 7) is 8.65. The maximum atomic E-state index is 11.6. The summed E-state index contributed by atoms with van der Waals surface area (Å²) >= 11 is 2.35. The van der Waals surface area contributed by atoms with Gasteiger partial charge in [-0.05, 0) is 71.8 Å². The Bertz CT molecular complexity index is 749. The fourth-order valence-electron chi connectivity index (χ4n) is 3.83.